The maximum atomic E-state index is 12.3. The number of nitrogens with one attached hydrogen (secondary N) is 2. The van der Waals surface area contributed by atoms with Gasteiger partial charge in [0, 0.05) is 0 Å². The van der Waals surface area contributed by atoms with Gasteiger partial charge in [0.15, 0.2) is 0 Å². The standard InChI is InChI=1S/C17H21N3O3/c1-10-6-7-12-13(8-10)20-14(19-12)9-18-16(21)15(17(22)23)11-4-2-3-5-11/h6-8,11,15H,2-5,9H2,1H3,(H,18,21)(H,19,20)(H,22,23). The highest BCUT2D eigenvalue weighted by atomic mass is 16.4. The van der Waals surface area contributed by atoms with Crippen molar-refractivity contribution in [1.82, 2.24) is 15.3 Å². The number of carboxylic acid groups (broad SMARTS) is 1. The molecule has 1 aliphatic rings. The normalized spacial score (nSPS) is 16.6. The zero-order valence-electron chi connectivity index (χ0n) is 13.1. The zero-order valence-corrected chi connectivity index (χ0v) is 13.1. The Morgan fingerprint density at radius 2 is 2.13 bits per heavy atom. The number of imidazole rings is 1. The third kappa shape index (κ3) is 3.36. The van der Waals surface area contributed by atoms with Crippen LogP contribution in [-0.4, -0.2) is 27.0 Å². The van der Waals surface area contributed by atoms with Crippen LogP contribution < -0.4 is 5.32 Å². The fourth-order valence-electron chi connectivity index (χ4n) is 3.36. The molecule has 3 rings (SSSR count). The molecule has 6 heteroatoms. The van der Waals surface area contributed by atoms with Crippen LogP contribution in [0.4, 0.5) is 0 Å². The molecule has 23 heavy (non-hydrogen) atoms. The Morgan fingerprint density at radius 1 is 1.39 bits per heavy atom. The first kappa shape index (κ1) is 15.5. The van der Waals surface area contributed by atoms with Crippen LogP contribution in [0.25, 0.3) is 11.0 Å². The van der Waals surface area contributed by atoms with Crippen LogP contribution in [0.1, 0.15) is 37.1 Å². The number of carbonyl (C=O) groups is 2. The smallest absolute Gasteiger partial charge is 0.316 e. The number of carbonyl (C=O) groups excluding carboxylic acids is 1. The molecule has 1 heterocycles. The van der Waals surface area contributed by atoms with Gasteiger partial charge < -0.3 is 15.4 Å². The molecular formula is C17H21N3O3. The minimum atomic E-state index is -1.03. The summed E-state index contributed by atoms with van der Waals surface area (Å²) in [5.74, 6) is -1.82. The van der Waals surface area contributed by atoms with Crippen molar-refractivity contribution < 1.29 is 14.7 Å². The number of hydrogen-bond donors (Lipinski definition) is 3. The molecule has 3 N–H and O–H groups in total. The molecule has 2 aromatic rings. The summed E-state index contributed by atoms with van der Waals surface area (Å²) in [4.78, 5) is 31.3. The molecule has 1 amide bonds. The van der Waals surface area contributed by atoms with E-state index >= 15 is 0 Å². The predicted octanol–water partition coefficient (Wildman–Crippen LogP) is 2.38. The molecule has 0 bridgehead atoms. The number of carboxylic acids is 1. The summed E-state index contributed by atoms with van der Waals surface area (Å²) in [6.45, 7) is 2.21. The topological polar surface area (TPSA) is 95.1 Å². The largest absolute Gasteiger partial charge is 0.481 e. The van der Waals surface area contributed by atoms with Crippen LogP contribution in [0.15, 0.2) is 18.2 Å². The van der Waals surface area contributed by atoms with Crippen LogP contribution in [0.3, 0.4) is 0 Å². The molecular weight excluding hydrogens is 294 g/mol. The zero-order chi connectivity index (χ0) is 16.4. The van der Waals surface area contributed by atoms with Crippen molar-refractivity contribution >= 4 is 22.9 Å². The minimum absolute atomic E-state index is 0.0502. The van der Waals surface area contributed by atoms with Crippen molar-refractivity contribution in [2.24, 2.45) is 11.8 Å². The maximum Gasteiger partial charge on any atom is 0.316 e. The Balaban J connectivity index is 1.67. The molecule has 1 unspecified atom stereocenters. The molecule has 6 nitrogen and oxygen atoms in total. The number of nitrogens with zero attached hydrogens (tertiary/aromatic N) is 1. The summed E-state index contributed by atoms with van der Waals surface area (Å²) in [6, 6.07) is 5.89. The SMILES string of the molecule is Cc1ccc2nc(CNC(=O)C(C(=O)O)C3CCCC3)[nH]c2c1. The van der Waals surface area contributed by atoms with E-state index in [2.05, 4.69) is 15.3 Å². The van der Waals surface area contributed by atoms with Gasteiger partial charge in [-0.1, -0.05) is 18.9 Å². The molecule has 1 saturated carbocycles. The van der Waals surface area contributed by atoms with Crippen LogP contribution in [-0.2, 0) is 16.1 Å². The van der Waals surface area contributed by atoms with E-state index < -0.39 is 17.8 Å². The highest BCUT2D eigenvalue weighted by Crippen LogP contribution is 2.31. The molecule has 1 aromatic heterocycles. The molecule has 0 radical (unpaired) electrons. The number of hydrogen-bond acceptors (Lipinski definition) is 3. The van der Waals surface area contributed by atoms with Crippen LogP contribution in [0.2, 0.25) is 0 Å². The van der Waals surface area contributed by atoms with Gasteiger partial charge in [0.05, 0.1) is 17.6 Å². The van der Waals surface area contributed by atoms with E-state index in [-0.39, 0.29) is 12.5 Å². The Kier molecular flexibility index (Phi) is 4.32. The van der Waals surface area contributed by atoms with Gasteiger partial charge in [-0.2, -0.15) is 0 Å². The highest BCUT2D eigenvalue weighted by molar-refractivity contribution is 5.97. The first-order chi connectivity index (χ1) is 11.0. The third-order valence-corrected chi connectivity index (χ3v) is 4.54. The van der Waals surface area contributed by atoms with E-state index in [1.165, 1.54) is 0 Å². The summed E-state index contributed by atoms with van der Waals surface area (Å²) >= 11 is 0. The van der Waals surface area contributed by atoms with Crippen LogP contribution in [0.5, 0.6) is 0 Å². The van der Waals surface area contributed by atoms with Crippen molar-refractivity contribution in [3.8, 4) is 0 Å². The Labute approximate surface area is 134 Å². The Bertz CT molecular complexity index is 732. The lowest BCUT2D eigenvalue weighted by atomic mass is 9.90. The van der Waals surface area contributed by atoms with Crippen molar-refractivity contribution in [3.63, 3.8) is 0 Å². The molecule has 1 fully saturated rings. The first-order valence-corrected chi connectivity index (χ1v) is 8.00. The number of rotatable bonds is 5. The molecule has 122 valence electrons. The summed E-state index contributed by atoms with van der Waals surface area (Å²) in [6.07, 6.45) is 3.64. The second-order valence-corrected chi connectivity index (χ2v) is 6.28. The first-order valence-electron chi connectivity index (χ1n) is 8.00. The van der Waals surface area contributed by atoms with Gasteiger partial charge in [0.1, 0.15) is 11.7 Å². The van der Waals surface area contributed by atoms with Gasteiger partial charge in [-0.25, -0.2) is 4.98 Å². The maximum absolute atomic E-state index is 12.3. The van der Waals surface area contributed by atoms with Crippen molar-refractivity contribution in [1.29, 1.82) is 0 Å². The van der Waals surface area contributed by atoms with Crippen molar-refractivity contribution in [3.05, 3.63) is 29.6 Å². The highest BCUT2D eigenvalue weighted by Gasteiger charge is 2.36. The number of aromatic nitrogens is 2. The third-order valence-electron chi connectivity index (χ3n) is 4.54. The second kappa shape index (κ2) is 6.40. The number of aliphatic carboxylic acids is 1. The van der Waals surface area contributed by atoms with E-state index in [1.54, 1.807) is 0 Å². The second-order valence-electron chi connectivity index (χ2n) is 6.28. The molecule has 0 aliphatic heterocycles. The Morgan fingerprint density at radius 3 is 2.83 bits per heavy atom. The number of benzene rings is 1. The number of H-pyrrole nitrogens is 1. The monoisotopic (exact) mass is 315 g/mol. The number of fused-ring (bicyclic) bond motifs is 1. The molecule has 1 atom stereocenters. The summed E-state index contributed by atoms with van der Waals surface area (Å²) in [5.41, 5.74) is 2.88. The lowest BCUT2D eigenvalue weighted by Gasteiger charge is -2.18. The molecule has 1 aliphatic carbocycles. The van der Waals surface area contributed by atoms with Gasteiger partial charge in [-0.3, -0.25) is 9.59 Å². The van der Waals surface area contributed by atoms with E-state index in [0.717, 1.165) is 42.3 Å². The van der Waals surface area contributed by atoms with E-state index in [0.29, 0.717) is 5.82 Å². The van der Waals surface area contributed by atoms with Crippen molar-refractivity contribution in [2.45, 2.75) is 39.2 Å². The van der Waals surface area contributed by atoms with E-state index in [1.807, 2.05) is 25.1 Å². The van der Waals surface area contributed by atoms with Crippen LogP contribution in [0, 0.1) is 18.8 Å². The van der Waals surface area contributed by atoms with Gasteiger partial charge in [-0.05, 0) is 43.4 Å². The average molecular weight is 315 g/mol. The Hall–Kier alpha value is -2.37. The number of aryl methyl sites for hydroxylation is 1. The summed E-state index contributed by atoms with van der Waals surface area (Å²) < 4.78 is 0. The van der Waals surface area contributed by atoms with Gasteiger partial charge in [0.2, 0.25) is 5.91 Å². The van der Waals surface area contributed by atoms with Crippen LogP contribution >= 0.6 is 0 Å². The average Bonchev–Trinajstić information content (AvgIpc) is 3.13. The predicted molar refractivity (Wildman–Crippen MR) is 85.8 cm³/mol. The molecule has 0 saturated heterocycles. The lowest BCUT2D eigenvalue weighted by molar-refractivity contribution is -0.149. The summed E-state index contributed by atoms with van der Waals surface area (Å²) in [7, 11) is 0. The fraction of sp³-hybridized carbons (Fsp3) is 0.471. The van der Waals surface area contributed by atoms with Gasteiger partial charge >= 0.3 is 5.97 Å². The van der Waals surface area contributed by atoms with Gasteiger partial charge in [0.25, 0.3) is 0 Å². The van der Waals surface area contributed by atoms with Crippen molar-refractivity contribution in [2.75, 3.05) is 0 Å². The number of amides is 1. The fourth-order valence-corrected chi connectivity index (χ4v) is 3.36. The number of aromatic amines is 1. The molecule has 1 aromatic carbocycles. The quantitative estimate of drug-likeness (QED) is 0.738. The van der Waals surface area contributed by atoms with E-state index in [9.17, 15) is 14.7 Å². The summed E-state index contributed by atoms with van der Waals surface area (Å²) in [5, 5.41) is 12.1. The van der Waals surface area contributed by atoms with Gasteiger partial charge in [-0.15, -0.1) is 0 Å². The lowest BCUT2D eigenvalue weighted by Crippen LogP contribution is -2.39. The minimum Gasteiger partial charge on any atom is -0.481 e. The van der Waals surface area contributed by atoms with E-state index in [4.69, 9.17) is 0 Å². The molecule has 0 spiro atoms.